The van der Waals surface area contributed by atoms with E-state index in [0.717, 1.165) is 25.7 Å². The van der Waals surface area contributed by atoms with E-state index in [2.05, 4.69) is 0 Å². The number of nitrogens with zero attached hydrogens (tertiary/aromatic N) is 2. The maximum atomic E-state index is 11.3. The van der Waals surface area contributed by atoms with Crippen molar-refractivity contribution in [3.63, 3.8) is 0 Å². The Morgan fingerprint density at radius 2 is 0.938 bits per heavy atom. The molecule has 16 heavy (non-hydrogen) atoms. The SMILES string of the molecule is O=[N+]([O-])C12CCCCC1([N+](=O)[O-])CCCC2. The van der Waals surface area contributed by atoms with Gasteiger partial charge in [0.25, 0.3) is 11.1 Å². The first-order valence-corrected chi connectivity index (χ1v) is 5.84. The van der Waals surface area contributed by atoms with Crippen LogP contribution in [0.1, 0.15) is 51.4 Å². The van der Waals surface area contributed by atoms with Gasteiger partial charge in [0.05, 0.1) is 0 Å². The first-order valence-electron chi connectivity index (χ1n) is 5.84. The van der Waals surface area contributed by atoms with Crippen molar-refractivity contribution in [3.8, 4) is 0 Å². The third-order valence-electron chi connectivity index (χ3n) is 4.43. The zero-order chi connectivity index (χ0) is 11.8. The molecule has 0 heterocycles. The molecule has 0 spiro atoms. The molecule has 2 aliphatic rings. The van der Waals surface area contributed by atoms with Crippen LogP contribution >= 0.6 is 0 Å². The van der Waals surface area contributed by atoms with Gasteiger partial charge in [-0.25, -0.2) is 0 Å². The first-order chi connectivity index (χ1) is 7.55. The quantitative estimate of drug-likeness (QED) is 0.535. The highest BCUT2D eigenvalue weighted by atomic mass is 16.6. The summed E-state index contributed by atoms with van der Waals surface area (Å²) < 4.78 is 0. The molecule has 6 heteroatoms. The van der Waals surface area contributed by atoms with Crippen molar-refractivity contribution < 1.29 is 9.85 Å². The summed E-state index contributed by atoms with van der Waals surface area (Å²) in [5, 5.41) is 22.6. The first kappa shape index (κ1) is 11.3. The highest BCUT2D eigenvalue weighted by Crippen LogP contribution is 2.50. The maximum absolute atomic E-state index is 11.3. The minimum Gasteiger partial charge on any atom is -0.264 e. The van der Waals surface area contributed by atoms with Crippen LogP contribution in [0.25, 0.3) is 0 Å². The Labute approximate surface area is 93.3 Å². The number of rotatable bonds is 2. The van der Waals surface area contributed by atoms with Crippen LogP contribution in [0, 0.1) is 20.2 Å². The van der Waals surface area contributed by atoms with Crippen molar-refractivity contribution in [1.82, 2.24) is 0 Å². The van der Waals surface area contributed by atoms with Crippen molar-refractivity contribution in [3.05, 3.63) is 20.2 Å². The Morgan fingerprint density at radius 3 is 1.12 bits per heavy atom. The highest BCUT2D eigenvalue weighted by molar-refractivity contribution is 5.05. The average molecular weight is 228 g/mol. The Balaban J connectivity index is 2.47. The third kappa shape index (κ3) is 1.25. The summed E-state index contributed by atoms with van der Waals surface area (Å²) in [5.74, 6) is 0. The molecule has 0 atom stereocenters. The third-order valence-corrected chi connectivity index (χ3v) is 4.43. The van der Waals surface area contributed by atoms with Gasteiger partial charge in [0, 0.05) is 35.5 Å². The molecular formula is C10H16N2O4. The molecule has 0 saturated heterocycles. The summed E-state index contributed by atoms with van der Waals surface area (Å²) in [7, 11) is 0. The normalized spacial score (nSPS) is 38.8. The fourth-order valence-corrected chi connectivity index (χ4v) is 3.56. The monoisotopic (exact) mass is 228 g/mol. The van der Waals surface area contributed by atoms with Gasteiger partial charge in [0.15, 0.2) is 0 Å². The molecule has 2 rings (SSSR count). The Kier molecular flexibility index (Phi) is 2.59. The van der Waals surface area contributed by atoms with E-state index in [9.17, 15) is 20.2 Å². The molecule has 0 unspecified atom stereocenters. The summed E-state index contributed by atoms with van der Waals surface area (Å²) in [6.07, 6.45) is 4.49. The number of fused-ring (bicyclic) bond motifs is 1. The van der Waals surface area contributed by atoms with Gasteiger partial charge in [-0.05, 0) is 25.7 Å². The van der Waals surface area contributed by atoms with Gasteiger partial charge in [-0.15, -0.1) is 0 Å². The van der Waals surface area contributed by atoms with E-state index in [1.165, 1.54) is 0 Å². The molecule has 0 N–H and O–H groups in total. The molecule has 90 valence electrons. The van der Waals surface area contributed by atoms with Crippen molar-refractivity contribution >= 4 is 0 Å². The predicted octanol–water partition coefficient (Wildman–Crippen LogP) is 2.17. The number of hydrogen-bond acceptors (Lipinski definition) is 4. The maximum Gasteiger partial charge on any atom is 0.290 e. The summed E-state index contributed by atoms with van der Waals surface area (Å²) >= 11 is 0. The minimum absolute atomic E-state index is 0.353. The van der Waals surface area contributed by atoms with Gasteiger partial charge in [0.2, 0.25) is 0 Å². The summed E-state index contributed by atoms with van der Waals surface area (Å²) in [6, 6.07) is 0. The Bertz CT molecular complexity index is 285. The minimum atomic E-state index is -1.28. The highest BCUT2D eigenvalue weighted by Gasteiger charge is 2.71. The van der Waals surface area contributed by atoms with Crippen molar-refractivity contribution in [1.29, 1.82) is 0 Å². The molecule has 6 nitrogen and oxygen atoms in total. The van der Waals surface area contributed by atoms with E-state index in [0.29, 0.717) is 25.7 Å². The Hall–Kier alpha value is -1.20. The summed E-state index contributed by atoms with van der Waals surface area (Å²) in [4.78, 5) is 21.9. The summed E-state index contributed by atoms with van der Waals surface area (Å²) in [6.45, 7) is 0. The van der Waals surface area contributed by atoms with Crippen molar-refractivity contribution in [2.75, 3.05) is 0 Å². The number of nitro groups is 2. The van der Waals surface area contributed by atoms with Gasteiger partial charge < -0.3 is 0 Å². The zero-order valence-electron chi connectivity index (χ0n) is 9.18. The van der Waals surface area contributed by atoms with Crippen LogP contribution in [0.2, 0.25) is 0 Å². The molecular weight excluding hydrogens is 212 g/mol. The molecule has 0 aromatic carbocycles. The molecule has 0 aliphatic heterocycles. The van der Waals surface area contributed by atoms with E-state index in [-0.39, 0.29) is 9.85 Å². The molecule has 0 aromatic heterocycles. The molecule has 0 aromatic rings. The van der Waals surface area contributed by atoms with Gasteiger partial charge in [-0.1, -0.05) is 0 Å². The van der Waals surface area contributed by atoms with Gasteiger partial charge in [-0.3, -0.25) is 20.2 Å². The fraction of sp³-hybridized carbons (Fsp3) is 1.00. The second-order valence-electron chi connectivity index (χ2n) is 4.99. The van der Waals surface area contributed by atoms with E-state index < -0.39 is 11.1 Å². The lowest BCUT2D eigenvalue weighted by Crippen LogP contribution is -2.66. The lowest BCUT2D eigenvalue weighted by molar-refractivity contribution is -0.696. The van der Waals surface area contributed by atoms with Crippen molar-refractivity contribution in [2.45, 2.75) is 62.4 Å². The van der Waals surface area contributed by atoms with Crippen LogP contribution in [0.4, 0.5) is 0 Å². The average Bonchev–Trinajstić information content (AvgIpc) is 2.28. The fourth-order valence-electron chi connectivity index (χ4n) is 3.56. The van der Waals surface area contributed by atoms with Crippen LogP contribution in [0.5, 0.6) is 0 Å². The molecule has 2 aliphatic carbocycles. The smallest absolute Gasteiger partial charge is 0.264 e. The van der Waals surface area contributed by atoms with Crippen LogP contribution in [0.15, 0.2) is 0 Å². The van der Waals surface area contributed by atoms with Crippen LogP contribution in [-0.2, 0) is 0 Å². The van der Waals surface area contributed by atoms with E-state index in [1.807, 2.05) is 0 Å². The lowest BCUT2D eigenvalue weighted by Gasteiger charge is -2.43. The number of hydrogen-bond donors (Lipinski definition) is 0. The van der Waals surface area contributed by atoms with Crippen molar-refractivity contribution in [2.24, 2.45) is 0 Å². The topological polar surface area (TPSA) is 86.3 Å². The van der Waals surface area contributed by atoms with Gasteiger partial charge in [0.1, 0.15) is 0 Å². The second-order valence-corrected chi connectivity index (χ2v) is 4.99. The second kappa shape index (κ2) is 3.68. The van der Waals surface area contributed by atoms with E-state index in [1.54, 1.807) is 0 Å². The van der Waals surface area contributed by atoms with E-state index >= 15 is 0 Å². The molecule has 0 radical (unpaired) electrons. The summed E-state index contributed by atoms with van der Waals surface area (Å²) in [5.41, 5.74) is -2.57. The van der Waals surface area contributed by atoms with Crippen LogP contribution in [0.3, 0.4) is 0 Å². The van der Waals surface area contributed by atoms with Crippen LogP contribution < -0.4 is 0 Å². The predicted molar refractivity (Wildman–Crippen MR) is 56.4 cm³/mol. The lowest BCUT2D eigenvalue weighted by atomic mass is 9.60. The van der Waals surface area contributed by atoms with Gasteiger partial charge >= 0.3 is 0 Å². The Morgan fingerprint density at radius 1 is 0.688 bits per heavy atom. The molecule has 2 saturated carbocycles. The molecule has 2 fully saturated rings. The molecule has 0 amide bonds. The zero-order valence-corrected chi connectivity index (χ0v) is 9.18. The van der Waals surface area contributed by atoms with E-state index in [4.69, 9.17) is 0 Å². The largest absolute Gasteiger partial charge is 0.290 e. The molecule has 0 bridgehead atoms. The standard InChI is InChI=1S/C10H16N2O4/c13-11(14)9-5-1-2-6-10(9,12(15)16)8-4-3-7-9/h1-8H2. The van der Waals surface area contributed by atoms with Crippen LogP contribution in [-0.4, -0.2) is 20.9 Å². The van der Waals surface area contributed by atoms with Gasteiger partial charge in [-0.2, -0.15) is 0 Å².